The van der Waals surface area contributed by atoms with Gasteiger partial charge in [-0.05, 0) is 12.6 Å². The Morgan fingerprint density at radius 1 is 1.22 bits per heavy atom. The van der Waals surface area contributed by atoms with Crippen LogP contribution in [-0.4, -0.2) is 51.4 Å². The Bertz CT molecular complexity index is 489. The lowest BCUT2D eigenvalue weighted by Crippen LogP contribution is -2.51. The molecule has 18 heavy (non-hydrogen) atoms. The normalized spacial score (nSPS) is 23.1. The summed E-state index contributed by atoms with van der Waals surface area (Å²) in [5, 5.41) is 0. The molecule has 0 bridgehead atoms. The summed E-state index contributed by atoms with van der Waals surface area (Å²) in [5.41, 5.74) is 1.15. The molecule has 0 saturated carbocycles. The average Bonchev–Trinajstić information content (AvgIpc) is 2.40. The topological polar surface area (TPSA) is 52.7 Å². The van der Waals surface area contributed by atoms with Gasteiger partial charge in [-0.3, -0.25) is 4.90 Å². The van der Waals surface area contributed by atoms with E-state index in [9.17, 15) is 8.42 Å². The Morgan fingerprint density at radius 2 is 1.89 bits per heavy atom. The third-order valence-corrected chi connectivity index (χ3v) is 4.92. The molecule has 0 aliphatic carbocycles. The maximum atomic E-state index is 11.8. The second kappa shape index (κ2) is 5.36. The van der Waals surface area contributed by atoms with Crippen LogP contribution in [0.1, 0.15) is 11.6 Å². The van der Waals surface area contributed by atoms with Crippen LogP contribution in [0, 0.1) is 0 Å². The minimum atomic E-state index is -3.33. The molecule has 1 saturated heterocycles. The number of hydrogen-bond donors (Lipinski definition) is 1. The Hall–Kier alpha value is -0.950. The summed E-state index contributed by atoms with van der Waals surface area (Å²) >= 11 is 0. The van der Waals surface area contributed by atoms with Gasteiger partial charge < -0.3 is 0 Å². The van der Waals surface area contributed by atoms with Gasteiger partial charge in [0.2, 0.25) is 0 Å². The van der Waals surface area contributed by atoms with E-state index in [4.69, 9.17) is 0 Å². The number of rotatable bonds is 3. The molecule has 1 N–H and O–H groups in total. The molecule has 5 nitrogen and oxygen atoms in total. The van der Waals surface area contributed by atoms with Crippen molar-refractivity contribution in [2.45, 2.75) is 6.04 Å². The van der Waals surface area contributed by atoms with Crippen molar-refractivity contribution in [3.63, 3.8) is 0 Å². The molecule has 100 valence electrons. The summed E-state index contributed by atoms with van der Waals surface area (Å²) in [5.74, 6) is 0. The highest BCUT2D eigenvalue weighted by molar-refractivity contribution is 7.87. The molecule has 6 heteroatoms. The molecule has 0 amide bonds. The lowest BCUT2D eigenvalue weighted by molar-refractivity contribution is 0.147. The van der Waals surface area contributed by atoms with Crippen molar-refractivity contribution in [1.82, 2.24) is 13.9 Å². The van der Waals surface area contributed by atoms with E-state index in [-0.39, 0.29) is 6.04 Å². The van der Waals surface area contributed by atoms with Crippen molar-refractivity contribution in [3.8, 4) is 0 Å². The molecule has 0 aromatic heterocycles. The van der Waals surface area contributed by atoms with Gasteiger partial charge in [-0.15, -0.1) is 0 Å². The molecule has 1 aliphatic rings. The van der Waals surface area contributed by atoms with Gasteiger partial charge in [0.05, 0.1) is 0 Å². The summed E-state index contributed by atoms with van der Waals surface area (Å²) in [6.07, 6.45) is 0. The quantitative estimate of drug-likeness (QED) is 0.866. The average molecular weight is 269 g/mol. The van der Waals surface area contributed by atoms with Crippen molar-refractivity contribution in [1.29, 1.82) is 0 Å². The Balaban J connectivity index is 2.21. The lowest BCUT2D eigenvalue weighted by Gasteiger charge is -2.38. The first-order chi connectivity index (χ1) is 8.54. The highest BCUT2D eigenvalue weighted by atomic mass is 32.2. The number of nitrogens with one attached hydrogen (secondary N) is 1. The fraction of sp³-hybridized carbons (Fsp3) is 0.500. The van der Waals surface area contributed by atoms with Gasteiger partial charge in [-0.25, -0.2) is 4.72 Å². The second-order valence-electron chi connectivity index (χ2n) is 4.47. The Kier molecular flexibility index (Phi) is 4.01. The van der Waals surface area contributed by atoms with Gasteiger partial charge >= 0.3 is 0 Å². The van der Waals surface area contributed by atoms with Crippen molar-refractivity contribution in [2.75, 3.05) is 33.7 Å². The fourth-order valence-electron chi connectivity index (χ4n) is 2.23. The molecule has 0 spiro atoms. The van der Waals surface area contributed by atoms with Crippen molar-refractivity contribution in [3.05, 3.63) is 35.9 Å². The SMILES string of the molecule is CNS(=O)(=O)N1CCN(C)C(c2ccccc2)C1. The summed E-state index contributed by atoms with van der Waals surface area (Å²) < 4.78 is 27.6. The predicted molar refractivity (Wildman–Crippen MR) is 71.4 cm³/mol. The maximum Gasteiger partial charge on any atom is 0.279 e. The summed E-state index contributed by atoms with van der Waals surface area (Å²) in [6.45, 7) is 1.76. The second-order valence-corrected chi connectivity index (χ2v) is 6.35. The highest BCUT2D eigenvalue weighted by Crippen LogP contribution is 2.24. The number of piperazine rings is 1. The van der Waals surface area contributed by atoms with E-state index in [0.717, 1.165) is 12.1 Å². The molecule has 1 heterocycles. The van der Waals surface area contributed by atoms with Gasteiger partial charge in [-0.2, -0.15) is 12.7 Å². The van der Waals surface area contributed by atoms with Gasteiger partial charge in [0.1, 0.15) is 0 Å². The van der Waals surface area contributed by atoms with Crippen molar-refractivity contribution < 1.29 is 8.42 Å². The zero-order valence-corrected chi connectivity index (χ0v) is 11.5. The van der Waals surface area contributed by atoms with E-state index in [1.165, 1.54) is 11.4 Å². The van der Waals surface area contributed by atoms with Crippen molar-refractivity contribution in [2.24, 2.45) is 0 Å². The van der Waals surface area contributed by atoms with Gasteiger partial charge in [-0.1, -0.05) is 30.3 Å². The van der Waals surface area contributed by atoms with E-state index in [0.29, 0.717) is 13.1 Å². The smallest absolute Gasteiger partial charge is 0.279 e. The van der Waals surface area contributed by atoms with Crippen LogP contribution in [0.25, 0.3) is 0 Å². The third kappa shape index (κ3) is 2.72. The first-order valence-electron chi connectivity index (χ1n) is 5.98. The highest BCUT2D eigenvalue weighted by Gasteiger charge is 2.31. The molecule has 1 fully saturated rings. The predicted octanol–water partition coefficient (Wildman–Crippen LogP) is 0.439. The van der Waals surface area contributed by atoms with E-state index in [2.05, 4.69) is 9.62 Å². The van der Waals surface area contributed by atoms with E-state index >= 15 is 0 Å². The molecule has 1 aromatic carbocycles. The maximum absolute atomic E-state index is 11.8. The molecular formula is C12H19N3O2S. The van der Waals surface area contributed by atoms with Gasteiger partial charge in [0, 0.05) is 32.7 Å². The van der Waals surface area contributed by atoms with E-state index in [1.54, 1.807) is 0 Å². The Morgan fingerprint density at radius 3 is 2.50 bits per heavy atom. The van der Waals surface area contributed by atoms with E-state index < -0.39 is 10.2 Å². The number of nitrogens with zero attached hydrogens (tertiary/aromatic N) is 2. The summed E-state index contributed by atoms with van der Waals surface area (Å²) in [7, 11) is 0.149. The van der Waals surface area contributed by atoms with E-state index in [1.807, 2.05) is 37.4 Å². The van der Waals surface area contributed by atoms with Crippen LogP contribution in [0.3, 0.4) is 0 Å². The minimum Gasteiger partial charge on any atom is -0.297 e. The molecule has 2 rings (SSSR count). The van der Waals surface area contributed by atoms with Gasteiger partial charge in [0.25, 0.3) is 10.2 Å². The zero-order chi connectivity index (χ0) is 13.2. The molecule has 0 radical (unpaired) electrons. The van der Waals surface area contributed by atoms with Crippen LogP contribution in [0.5, 0.6) is 0 Å². The number of likely N-dealkylation sites (N-methyl/N-ethyl adjacent to an activating group) is 1. The van der Waals surface area contributed by atoms with Crippen LogP contribution in [0.2, 0.25) is 0 Å². The van der Waals surface area contributed by atoms with Crippen LogP contribution in [0.4, 0.5) is 0 Å². The van der Waals surface area contributed by atoms with Crippen LogP contribution in [0.15, 0.2) is 30.3 Å². The summed E-state index contributed by atoms with van der Waals surface area (Å²) in [6, 6.07) is 10.1. The largest absolute Gasteiger partial charge is 0.297 e. The lowest BCUT2D eigenvalue weighted by atomic mass is 10.0. The van der Waals surface area contributed by atoms with Gasteiger partial charge in [0.15, 0.2) is 0 Å². The molecule has 1 atom stereocenters. The zero-order valence-electron chi connectivity index (χ0n) is 10.7. The van der Waals surface area contributed by atoms with Crippen LogP contribution >= 0.6 is 0 Å². The molecule has 1 unspecified atom stereocenters. The number of hydrogen-bond acceptors (Lipinski definition) is 3. The Labute approximate surface area is 109 Å². The van der Waals surface area contributed by atoms with Crippen LogP contribution in [-0.2, 0) is 10.2 Å². The summed E-state index contributed by atoms with van der Waals surface area (Å²) in [4.78, 5) is 2.19. The first kappa shape index (κ1) is 13.5. The third-order valence-electron chi connectivity index (χ3n) is 3.39. The number of benzene rings is 1. The fourth-order valence-corrected chi connectivity index (χ4v) is 3.15. The van der Waals surface area contributed by atoms with Crippen molar-refractivity contribution >= 4 is 10.2 Å². The minimum absolute atomic E-state index is 0.114. The monoisotopic (exact) mass is 269 g/mol. The van der Waals surface area contributed by atoms with Crippen LogP contribution < -0.4 is 4.72 Å². The molecular weight excluding hydrogens is 250 g/mol. The molecule has 1 aromatic rings. The first-order valence-corrected chi connectivity index (χ1v) is 7.42. The standard InChI is InChI=1S/C12H19N3O2S/c1-13-18(16,17)15-9-8-14(2)12(10-15)11-6-4-3-5-7-11/h3-7,12-13H,8-10H2,1-2H3. The molecule has 1 aliphatic heterocycles.